The molecule has 2 saturated heterocycles. The largest absolute Gasteiger partial charge is 0.342 e. The number of aryl methyl sites for hydroxylation is 1. The van der Waals surface area contributed by atoms with Crippen molar-refractivity contribution >= 4 is 16.9 Å². The van der Waals surface area contributed by atoms with Gasteiger partial charge in [0.2, 0.25) is 5.91 Å². The van der Waals surface area contributed by atoms with Gasteiger partial charge in [-0.1, -0.05) is 19.1 Å². The maximum Gasteiger partial charge on any atom is 0.236 e. The van der Waals surface area contributed by atoms with Crippen LogP contribution in [0.3, 0.4) is 0 Å². The van der Waals surface area contributed by atoms with Crippen LogP contribution in [0.2, 0.25) is 0 Å². The van der Waals surface area contributed by atoms with E-state index in [1.807, 2.05) is 6.07 Å². The monoisotopic (exact) mass is 369 g/mol. The minimum absolute atomic E-state index is 0.311. The molecule has 3 heterocycles. The van der Waals surface area contributed by atoms with E-state index in [0.29, 0.717) is 12.5 Å². The van der Waals surface area contributed by atoms with Crippen LogP contribution in [0.15, 0.2) is 24.3 Å². The standard InChI is InChI=1S/C21H31N5O/c1-17-7-9-26(10-8-17)21(27)16-25-13-11-24(12-14-25)15-20-22-18-5-3-4-6-19(18)23(20)2/h3-6,17H,7-16H2,1-2H3. The SMILES string of the molecule is CC1CCN(C(=O)CN2CCN(Cc3nc4ccccc4n3C)CC2)CC1. The molecule has 6 nitrogen and oxygen atoms in total. The number of likely N-dealkylation sites (tertiary alicyclic amines) is 1. The number of carbonyl (C=O) groups excluding carboxylic acids is 1. The van der Waals surface area contributed by atoms with Gasteiger partial charge in [-0.05, 0) is 30.9 Å². The van der Waals surface area contributed by atoms with Crippen LogP contribution in [0.5, 0.6) is 0 Å². The molecule has 2 aliphatic rings. The molecule has 4 rings (SSSR count). The lowest BCUT2D eigenvalue weighted by Crippen LogP contribution is -2.50. The Labute approximate surface area is 161 Å². The van der Waals surface area contributed by atoms with Gasteiger partial charge in [-0.3, -0.25) is 14.6 Å². The molecule has 1 amide bonds. The van der Waals surface area contributed by atoms with Crippen molar-refractivity contribution in [2.45, 2.75) is 26.3 Å². The number of imidazole rings is 1. The normalized spacial score (nSPS) is 20.4. The zero-order valence-electron chi connectivity index (χ0n) is 16.6. The molecule has 2 aliphatic heterocycles. The summed E-state index contributed by atoms with van der Waals surface area (Å²) in [6, 6.07) is 8.30. The average molecular weight is 370 g/mol. The van der Waals surface area contributed by atoms with Gasteiger partial charge in [0, 0.05) is 46.3 Å². The summed E-state index contributed by atoms with van der Waals surface area (Å²) in [6.07, 6.45) is 2.30. The van der Waals surface area contributed by atoms with Gasteiger partial charge < -0.3 is 9.47 Å². The Kier molecular flexibility index (Phi) is 5.45. The van der Waals surface area contributed by atoms with Crippen molar-refractivity contribution in [1.29, 1.82) is 0 Å². The van der Waals surface area contributed by atoms with Gasteiger partial charge in [-0.25, -0.2) is 4.98 Å². The Morgan fingerprint density at radius 1 is 1.04 bits per heavy atom. The summed E-state index contributed by atoms with van der Waals surface area (Å²) in [6.45, 7) is 9.51. The maximum atomic E-state index is 12.5. The van der Waals surface area contributed by atoms with E-state index in [2.05, 4.69) is 51.4 Å². The highest BCUT2D eigenvalue weighted by Gasteiger charge is 2.24. The zero-order chi connectivity index (χ0) is 18.8. The van der Waals surface area contributed by atoms with Crippen molar-refractivity contribution in [3.05, 3.63) is 30.1 Å². The quantitative estimate of drug-likeness (QED) is 0.826. The summed E-state index contributed by atoms with van der Waals surface area (Å²) in [7, 11) is 2.10. The summed E-state index contributed by atoms with van der Waals surface area (Å²) in [4.78, 5) is 24.2. The molecule has 2 aromatic rings. The molecule has 146 valence electrons. The van der Waals surface area contributed by atoms with Crippen molar-refractivity contribution < 1.29 is 4.79 Å². The van der Waals surface area contributed by atoms with Gasteiger partial charge in [0.15, 0.2) is 0 Å². The first-order valence-electron chi connectivity index (χ1n) is 10.2. The Bertz CT molecular complexity index is 785. The molecule has 0 saturated carbocycles. The van der Waals surface area contributed by atoms with Gasteiger partial charge >= 0.3 is 0 Å². The summed E-state index contributed by atoms with van der Waals surface area (Å²) < 4.78 is 2.20. The fourth-order valence-corrected chi connectivity index (χ4v) is 4.19. The van der Waals surface area contributed by atoms with Gasteiger partial charge in [0.05, 0.1) is 24.1 Å². The van der Waals surface area contributed by atoms with Crippen molar-refractivity contribution in [2.24, 2.45) is 13.0 Å². The molecule has 27 heavy (non-hydrogen) atoms. The smallest absolute Gasteiger partial charge is 0.236 e. The molecular weight excluding hydrogens is 338 g/mol. The van der Waals surface area contributed by atoms with E-state index in [0.717, 1.165) is 75.9 Å². The van der Waals surface area contributed by atoms with E-state index in [-0.39, 0.29) is 0 Å². The topological polar surface area (TPSA) is 44.6 Å². The number of para-hydroxylation sites is 2. The number of hydrogen-bond acceptors (Lipinski definition) is 4. The van der Waals surface area contributed by atoms with Crippen molar-refractivity contribution in [3.63, 3.8) is 0 Å². The molecule has 1 aromatic heterocycles. The Hall–Kier alpha value is -1.92. The number of benzene rings is 1. The van der Waals surface area contributed by atoms with E-state index >= 15 is 0 Å². The number of rotatable bonds is 4. The van der Waals surface area contributed by atoms with Crippen LogP contribution in [0.4, 0.5) is 0 Å². The van der Waals surface area contributed by atoms with E-state index in [1.165, 1.54) is 5.52 Å². The summed E-state index contributed by atoms with van der Waals surface area (Å²) in [5, 5.41) is 0. The van der Waals surface area contributed by atoms with Crippen LogP contribution < -0.4 is 0 Å². The van der Waals surface area contributed by atoms with E-state index in [1.54, 1.807) is 0 Å². The van der Waals surface area contributed by atoms with Crippen LogP contribution in [-0.2, 0) is 18.4 Å². The molecule has 0 bridgehead atoms. The van der Waals surface area contributed by atoms with Crippen LogP contribution in [-0.4, -0.2) is 76.0 Å². The molecule has 0 aliphatic carbocycles. The number of piperidine rings is 1. The minimum Gasteiger partial charge on any atom is -0.342 e. The summed E-state index contributed by atoms with van der Waals surface area (Å²) >= 11 is 0. The van der Waals surface area contributed by atoms with E-state index in [4.69, 9.17) is 4.98 Å². The lowest BCUT2D eigenvalue weighted by atomic mass is 9.99. The lowest BCUT2D eigenvalue weighted by molar-refractivity contribution is -0.134. The fraction of sp³-hybridized carbons (Fsp3) is 0.619. The first-order valence-corrected chi connectivity index (χ1v) is 10.2. The number of nitrogens with zero attached hydrogens (tertiary/aromatic N) is 5. The molecule has 0 N–H and O–H groups in total. The number of fused-ring (bicyclic) bond motifs is 1. The highest BCUT2D eigenvalue weighted by Crippen LogP contribution is 2.18. The second kappa shape index (κ2) is 7.98. The minimum atomic E-state index is 0.311. The number of amides is 1. The van der Waals surface area contributed by atoms with Crippen molar-refractivity contribution in [2.75, 3.05) is 45.8 Å². The predicted molar refractivity (Wildman–Crippen MR) is 107 cm³/mol. The molecule has 0 spiro atoms. The van der Waals surface area contributed by atoms with E-state index in [9.17, 15) is 4.79 Å². The maximum absolute atomic E-state index is 12.5. The van der Waals surface area contributed by atoms with Gasteiger partial charge in [-0.15, -0.1) is 0 Å². The van der Waals surface area contributed by atoms with Gasteiger partial charge in [0.1, 0.15) is 5.82 Å². The zero-order valence-corrected chi connectivity index (χ0v) is 16.6. The summed E-state index contributed by atoms with van der Waals surface area (Å²) in [5.41, 5.74) is 2.25. The molecule has 2 fully saturated rings. The first kappa shape index (κ1) is 18.4. The number of hydrogen-bond donors (Lipinski definition) is 0. The average Bonchev–Trinajstić information content (AvgIpc) is 3.00. The Balaban J connectivity index is 1.27. The molecular formula is C21H31N5O. The molecule has 0 atom stereocenters. The predicted octanol–water partition coefficient (Wildman–Crippen LogP) is 1.95. The highest BCUT2D eigenvalue weighted by molar-refractivity contribution is 5.78. The van der Waals surface area contributed by atoms with Gasteiger partial charge in [0.25, 0.3) is 0 Å². The lowest BCUT2D eigenvalue weighted by Gasteiger charge is -2.36. The molecule has 6 heteroatoms. The van der Waals surface area contributed by atoms with Crippen molar-refractivity contribution in [3.8, 4) is 0 Å². The van der Waals surface area contributed by atoms with Crippen molar-refractivity contribution in [1.82, 2.24) is 24.3 Å². The van der Waals surface area contributed by atoms with Crippen LogP contribution in [0.1, 0.15) is 25.6 Å². The number of aromatic nitrogens is 2. The number of carbonyl (C=O) groups is 1. The molecule has 1 aromatic carbocycles. The second-order valence-corrected chi connectivity index (χ2v) is 8.19. The van der Waals surface area contributed by atoms with Crippen LogP contribution in [0.25, 0.3) is 11.0 Å². The molecule has 0 unspecified atom stereocenters. The first-order chi connectivity index (χ1) is 13.1. The Morgan fingerprint density at radius 3 is 2.41 bits per heavy atom. The third kappa shape index (κ3) is 4.17. The number of piperazine rings is 1. The van der Waals surface area contributed by atoms with Crippen LogP contribution >= 0.6 is 0 Å². The van der Waals surface area contributed by atoms with Crippen LogP contribution in [0, 0.1) is 5.92 Å². The molecule has 0 radical (unpaired) electrons. The third-order valence-corrected chi connectivity index (χ3v) is 6.20. The highest BCUT2D eigenvalue weighted by atomic mass is 16.2. The summed E-state index contributed by atoms with van der Waals surface area (Å²) in [5.74, 6) is 2.19. The second-order valence-electron chi connectivity index (χ2n) is 8.19. The Morgan fingerprint density at radius 2 is 1.70 bits per heavy atom. The fourth-order valence-electron chi connectivity index (χ4n) is 4.19. The third-order valence-electron chi connectivity index (χ3n) is 6.20. The van der Waals surface area contributed by atoms with Gasteiger partial charge in [-0.2, -0.15) is 0 Å². The van der Waals surface area contributed by atoms with E-state index < -0.39 is 0 Å².